The van der Waals surface area contributed by atoms with Crippen molar-refractivity contribution in [2.75, 3.05) is 6.79 Å². The zero-order valence-electron chi connectivity index (χ0n) is 18.3. The molecule has 163 valence electrons. The van der Waals surface area contributed by atoms with Crippen LogP contribution in [0.3, 0.4) is 0 Å². The van der Waals surface area contributed by atoms with E-state index in [0.29, 0.717) is 12.5 Å². The third-order valence-electron chi connectivity index (χ3n) is 6.05. The van der Waals surface area contributed by atoms with E-state index in [9.17, 15) is 0 Å². The van der Waals surface area contributed by atoms with E-state index in [0.717, 1.165) is 22.6 Å². The van der Waals surface area contributed by atoms with Crippen LogP contribution in [0, 0.1) is 30.8 Å². The van der Waals surface area contributed by atoms with Crippen LogP contribution in [-0.4, -0.2) is 18.7 Å². The maximum atomic E-state index is 5.98. The van der Waals surface area contributed by atoms with Gasteiger partial charge in [-0.05, 0) is 56.8 Å². The van der Waals surface area contributed by atoms with Gasteiger partial charge in [0, 0.05) is 22.7 Å². The second-order valence-electron chi connectivity index (χ2n) is 8.13. The van der Waals surface area contributed by atoms with E-state index in [1.54, 1.807) is 0 Å². The summed E-state index contributed by atoms with van der Waals surface area (Å²) >= 11 is 0. The van der Waals surface area contributed by atoms with Crippen LogP contribution in [0.2, 0.25) is 0 Å². The predicted molar refractivity (Wildman–Crippen MR) is 132 cm³/mol. The number of nitrogens with zero attached hydrogens (tertiary/aromatic N) is 1. The summed E-state index contributed by atoms with van der Waals surface area (Å²) < 4.78 is 17.1. The predicted octanol–water partition coefficient (Wildman–Crippen LogP) is 4.95. The van der Waals surface area contributed by atoms with Crippen LogP contribution in [0.15, 0.2) is 77.8 Å². The van der Waals surface area contributed by atoms with Gasteiger partial charge in [-0.3, -0.25) is 0 Å². The summed E-state index contributed by atoms with van der Waals surface area (Å²) in [6, 6.07) is 25.5. The summed E-state index contributed by atoms with van der Waals surface area (Å²) in [5.74, 6) is 3.44. The van der Waals surface area contributed by atoms with Crippen molar-refractivity contribution in [1.29, 1.82) is 0 Å². The number of hydrogen-bond acceptors (Lipinski definition) is 4. The molecule has 1 fully saturated rings. The summed E-state index contributed by atoms with van der Waals surface area (Å²) in [5, 5.41) is 2.67. The Labute approximate surface area is 196 Å². The number of benzene rings is 3. The van der Waals surface area contributed by atoms with Crippen molar-refractivity contribution >= 4 is 24.4 Å². The molecule has 0 bridgehead atoms. The van der Waals surface area contributed by atoms with Gasteiger partial charge in [0.05, 0.1) is 6.04 Å². The fourth-order valence-electron chi connectivity index (χ4n) is 4.44. The largest absolute Gasteiger partial charge is 0.473 e. The Morgan fingerprint density at radius 3 is 2.18 bits per heavy atom. The monoisotopic (exact) mass is 452 g/mol. The molecule has 1 atom stereocenters. The van der Waals surface area contributed by atoms with Gasteiger partial charge >= 0.3 is 0 Å². The normalized spacial score (nSPS) is 19.8. The summed E-state index contributed by atoms with van der Waals surface area (Å²) in [6.07, 6.45) is 6.59. The fourth-order valence-corrected chi connectivity index (χ4v) is 6.99. The highest BCUT2D eigenvalue weighted by molar-refractivity contribution is 7.76. The van der Waals surface area contributed by atoms with Gasteiger partial charge in [-0.1, -0.05) is 60.7 Å². The van der Waals surface area contributed by atoms with Gasteiger partial charge in [0.1, 0.15) is 6.61 Å². The second kappa shape index (κ2) is 8.83. The zero-order chi connectivity index (χ0) is 22.2. The Morgan fingerprint density at radius 1 is 0.818 bits per heavy atom. The lowest BCUT2D eigenvalue weighted by molar-refractivity contribution is 0.173. The van der Waals surface area contributed by atoms with Crippen molar-refractivity contribution in [3.8, 4) is 11.5 Å². The third-order valence-corrected chi connectivity index (χ3v) is 8.57. The molecule has 4 nitrogen and oxygen atoms in total. The van der Waals surface area contributed by atoms with Crippen LogP contribution in [0.4, 0.5) is 0 Å². The molecule has 6 rings (SSSR count). The highest BCUT2D eigenvalue weighted by Crippen LogP contribution is 2.57. The molecule has 0 N–H and O–H groups in total. The van der Waals surface area contributed by atoms with E-state index in [2.05, 4.69) is 86.8 Å². The molecule has 0 spiro atoms. The minimum Gasteiger partial charge on any atom is -0.473 e. The minimum absolute atomic E-state index is 0.0428. The summed E-state index contributed by atoms with van der Waals surface area (Å²) in [6.45, 7) is 2.91. The van der Waals surface area contributed by atoms with E-state index in [1.165, 1.54) is 22.2 Å². The second-order valence-corrected chi connectivity index (χ2v) is 10.3. The lowest BCUT2D eigenvalue weighted by Gasteiger charge is -2.31. The smallest absolute Gasteiger partial charge is 0.231 e. The molecular formula is C28H23NO3P. The van der Waals surface area contributed by atoms with Crippen molar-refractivity contribution in [3.05, 3.63) is 115 Å². The first-order valence-electron chi connectivity index (χ1n) is 11.1. The minimum atomic E-state index is -0.683. The Hall–Kier alpha value is -2.84. The van der Waals surface area contributed by atoms with E-state index in [1.807, 2.05) is 12.1 Å². The maximum absolute atomic E-state index is 5.98. The first kappa shape index (κ1) is 20.7. The fraction of sp³-hybridized carbons (Fsp3) is 0.143. The van der Waals surface area contributed by atoms with Gasteiger partial charge in [0.25, 0.3) is 0 Å². The summed E-state index contributed by atoms with van der Waals surface area (Å²) in [7, 11) is -0.683. The summed E-state index contributed by atoms with van der Waals surface area (Å²) in [4.78, 5) is 5.02. The lowest BCUT2D eigenvalue weighted by atomic mass is 9.99. The molecule has 0 unspecified atom stereocenters. The number of hydrogen-bond donors (Lipinski definition) is 0. The highest BCUT2D eigenvalue weighted by Gasteiger charge is 2.40. The molecule has 3 aliphatic rings. The van der Waals surface area contributed by atoms with E-state index in [-0.39, 0.29) is 12.8 Å². The van der Waals surface area contributed by atoms with Crippen LogP contribution in [0.1, 0.15) is 18.1 Å². The van der Waals surface area contributed by atoms with E-state index in [4.69, 9.17) is 19.2 Å². The quantitative estimate of drug-likeness (QED) is 0.515. The van der Waals surface area contributed by atoms with Crippen LogP contribution in [0.5, 0.6) is 11.5 Å². The van der Waals surface area contributed by atoms with Gasteiger partial charge in [-0.2, -0.15) is 0 Å². The molecule has 1 saturated carbocycles. The van der Waals surface area contributed by atoms with Crippen LogP contribution >= 0.6 is 7.92 Å². The van der Waals surface area contributed by atoms with Crippen molar-refractivity contribution < 1.29 is 14.2 Å². The molecule has 0 aromatic heterocycles. The summed E-state index contributed by atoms with van der Waals surface area (Å²) in [5.41, 5.74) is 3.42. The molecule has 2 aliphatic heterocycles. The molecule has 5 radical (unpaired) electrons. The topological polar surface area (TPSA) is 40.0 Å². The molecule has 3 aromatic carbocycles. The Balaban J connectivity index is 1.31. The van der Waals surface area contributed by atoms with Gasteiger partial charge in [0.15, 0.2) is 11.5 Å². The Morgan fingerprint density at radius 2 is 1.48 bits per heavy atom. The molecular weight excluding hydrogens is 429 g/mol. The van der Waals surface area contributed by atoms with Gasteiger partial charge in [0.2, 0.25) is 12.7 Å². The number of ether oxygens (including phenoxy) is 3. The molecule has 0 saturated heterocycles. The SMILES string of the molecule is C[C@@H](N=C1OCc2cc3c(cc21)OCO3)[C]1[CH][CH][CH][C]1P(c1ccccc1)c1ccccc1. The molecule has 33 heavy (non-hydrogen) atoms. The van der Waals surface area contributed by atoms with Crippen LogP contribution in [-0.2, 0) is 11.3 Å². The molecule has 1 aliphatic carbocycles. The standard InChI is InChI=1S/C28H23NO3P/c1-19(29-28-24-16-26-25(31-18-32-26)15-20(24)17-30-28)23-13-8-14-27(23)33(21-9-4-2-5-10-21)22-11-6-3-7-12-22/h2-16,19H,17-18H2,1H3/t19-/m1/s1. The number of rotatable bonds is 5. The van der Waals surface area contributed by atoms with Crippen LogP contribution in [0.25, 0.3) is 0 Å². The molecule has 0 amide bonds. The van der Waals surface area contributed by atoms with Crippen molar-refractivity contribution in [1.82, 2.24) is 0 Å². The van der Waals surface area contributed by atoms with E-state index < -0.39 is 7.92 Å². The lowest BCUT2D eigenvalue weighted by Crippen LogP contribution is -2.24. The average molecular weight is 452 g/mol. The van der Waals surface area contributed by atoms with Crippen molar-refractivity contribution in [3.63, 3.8) is 0 Å². The van der Waals surface area contributed by atoms with Gasteiger partial charge in [-0.25, -0.2) is 4.99 Å². The van der Waals surface area contributed by atoms with Crippen molar-refractivity contribution in [2.45, 2.75) is 19.6 Å². The Bertz CT molecular complexity index is 1130. The van der Waals surface area contributed by atoms with Crippen molar-refractivity contribution in [2.24, 2.45) is 4.99 Å². The molecule has 2 heterocycles. The van der Waals surface area contributed by atoms with Gasteiger partial charge in [-0.15, -0.1) is 0 Å². The van der Waals surface area contributed by atoms with Crippen LogP contribution < -0.4 is 20.1 Å². The zero-order valence-corrected chi connectivity index (χ0v) is 19.2. The highest BCUT2D eigenvalue weighted by atomic mass is 31.1. The number of aliphatic imine (C=N–C) groups is 1. The first-order valence-corrected chi connectivity index (χ1v) is 12.4. The average Bonchev–Trinajstić information content (AvgIpc) is 3.60. The van der Waals surface area contributed by atoms with Gasteiger partial charge < -0.3 is 14.2 Å². The Kier molecular flexibility index (Phi) is 5.55. The molecule has 5 heteroatoms. The first-order chi connectivity index (χ1) is 16.3. The third kappa shape index (κ3) is 3.91. The van der Waals surface area contributed by atoms with E-state index >= 15 is 0 Å². The maximum Gasteiger partial charge on any atom is 0.231 e. The number of fused-ring (bicyclic) bond motifs is 2. The molecule has 3 aromatic rings.